The summed E-state index contributed by atoms with van der Waals surface area (Å²) in [6.07, 6.45) is -3.54. The lowest BCUT2D eigenvalue weighted by atomic mass is 9.96. The largest absolute Gasteiger partial charge is 0.481 e. The van der Waals surface area contributed by atoms with Crippen molar-refractivity contribution in [2.24, 2.45) is 0 Å². The Labute approximate surface area is 228 Å². The Morgan fingerprint density at radius 3 is 2.33 bits per heavy atom. The fourth-order valence-electron chi connectivity index (χ4n) is 4.61. The first-order valence-electron chi connectivity index (χ1n) is 12.9. The normalized spacial score (nSPS) is 14.5. The second kappa shape index (κ2) is 10.2. The summed E-state index contributed by atoms with van der Waals surface area (Å²) in [6.45, 7) is 6.95. The van der Waals surface area contributed by atoms with Crippen molar-refractivity contribution in [2.75, 3.05) is 11.9 Å². The van der Waals surface area contributed by atoms with E-state index >= 15 is 0 Å². The van der Waals surface area contributed by atoms with Crippen LogP contribution in [0, 0.1) is 0 Å². The van der Waals surface area contributed by atoms with Crippen LogP contribution in [0.4, 0.5) is 27.8 Å². The molecule has 0 radical (unpaired) electrons. The van der Waals surface area contributed by atoms with Crippen LogP contribution in [0.15, 0.2) is 54.7 Å². The van der Waals surface area contributed by atoms with Crippen molar-refractivity contribution < 1.29 is 26.7 Å². The first-order chi connectivity index (χ1) is 18.8. The van der Waals surface area contributed by atoms with Gasteiger partial charge in [0.05, 0.1) is 0 Å². The van der Waals surface area contributed by atoms with Gasteiger partial charge in [-0.1, -0.05) is 62.4 Å². The molecule has 0 spiro atoms. The second-order valence-corrected chi connectivity index (χ2v) is 10.3. The third kappa shape index (κ3) is 5.24. The molecule has 3 heterocycles. The Bertz CT molecular complexity index is 1530. The molecule has 0 amide bonds. The lowest BCUT2D eigenvalue weighted by Gasteiger charge is -2.15. The number of fused-ring (bicyclic) bond motifs is 1. The number of alkyl halides is 5. The first-order valence-corrected chi connectivity index (χ1v) is 12.9. The standard InChI is InChI=1S/C29H28F5N5O/c1-16(2)20-7-5-6-8-21(20)25-37-24-23(40-15-28(24,30)31)26(38-25)35-13-18-9-11-19(12-10-18)27-36-22(29(32,33)34)14-39(27)17(3)4/h5-12,14,16-17H,13,15H2,1-4H3,(H,35,37,38). The van der Waals surface area contributed by atoms with Crippen LogP contribution in [0.5, 0.6) is 5.75 Å². The number of aromatic nitrogens is 4. The lowest BCUT2D eigenvalue weighted by molar-refractivity contribution is -0.140. The molecule has 11 heteroatoms. The van der Waals surface area contributed by atoms with Crippen LogP contribution < -0.4 is 10.1 Å². The van der Waals surface area contributed by atoms with Gasteiger partial charge in [0.2, 0.25) is 0 Å². The van der Waals surface area contributed by atoms with Crippen LogP contribution in [-0.4, -0.2) is 26.1 Å². The quantitative estimate of drug-likeness (QED) is 0.235. The van der Waals surface area contributed by atoms with E-state index in [1.165, 1.54) is 4.57 Å². The molecule has 0 saturated carbocycles. The molecule has 4 aromatic rings. The van der Waals surface area contributed by atoms with E-state index < -0.39 is 30.1 Å². The summed E-state index contributed by atoms with van der Waals surface area (Å²) in [5, 5.41) is 3.09. The minimum Gasteiger partial charge on any atom is -0.481 e. The monoisotopic (exact) mass is 557 g/mol. The van der Waals surface area contributed by atoms with E-state index in [0.29, 0.717) is 11.1 Å². The summed E-state index contributed by atoms with van der Waals surface area (Å²) in [7, 11) is 0. The van der Waals surface area contributed by atoms with Gasteiger partial charge >= 0.3 is 12.1 Å². The Morgan fingerprint density at radius 2 is 1.68 bits per heavy atom. The molecule has 0 aliphatic carbocycles. The van der Waals surface area contributed by atoms with Crippen LogP contribution in [0.1, 0.15) is 62.2 Å². The second-order valence-electron chi connectivity index (χ2n) is 10.3. The third-order valence-electron chi connectivity index (χ3n) is 6.68. The molecular formula is C29H28F5N5O. The number of benzene rings is 2. The maximum absolute atomic E-state index is 14.7. The molecular weight excluding hydrogens is 529 g/mol. The van der Waals surface area contributed by atoms with Crippen LogP contribution in [-0.2, 0) is 18.6 Å². The zero-order valence-corrected chi connectivity index (χ0v) is 22.4. The maximum atomic E-state index is 14.7. The van der Waals surface area contributed by atoms with Crippen molar-refractivity contribution in [3.63, 3.8) is 0 Å². The molecule has 210 valence electrons. The van der Waals surface area contributed by atoms with Gasteiger partial charge in [-0.25, -0.2) is 15.0 Å². The van der Waals surface area contributed by atoms with Crippen molar-refractivity contribution in [3.05, 3.63) is 77.2 Å². The molecule has 1 N–H and O–H groups in total. The van der Waals surface area contributed by atoms with Crippen LogP contribution in [0.2, 0.25) is 0 Å². The molecule has 0 saturated heterocycles. The van der Waals surface area contributed by atoms with Gasteiger partial charge in [-0.05, 0) is 30.9 Å². The number of nitrogens with zero attached hydrogens (tertiary/aromatic N) is 4. The molecule has 2 aromatic carbocycles. The molecule has 1 aliphatic heterocycles. The van der Waals surface area contributed by atoms with E-state index in [4.69, 9.17) is 4.74 Å². The van der Waals surface area contributed by atoms with Crippen molar-refractivity contribution >= 4 is 5.82 Å². The van der Waals surface area contributed by atoms with Crippen LogP contribution in [0.25, 0.3) is 22.8 Å². The van der Waals surface area contributed by atoms with Gasteiger partial charge in [0.1, 0.15) is 5.82 Å². The SMILES string of the molecule is CC(C)c1ccccc1-c1nc(NCc2ccc(-c3nc(C(F)(F)F)cn3C(C)C)cc2)c2c(n1)C(F)(F)CO2. The van der Waals surface area contributed by atoms with Gasteiger partial charge in [0.15, 0.2) is 35.4 Å². The van der Waals surface area contributed by atoms with Crippen molar-refractivity contribution in [1.29, 1.82) is 0 Å². The number of nitrogens with one attached hydrogen (secondary N) is 1. The van der Waals surface area contributed by atoms with Gasteiger partial charge < -0.3 is 14.6 Å². The van der Waals surface area contributed by atoms with E-state index in [1.807, 2.05) is 32.0 Å². The first kappa shape index (κ1) is 27.5. The molecule has 0 unspecified atom stereocenters. The topological polar surface area (TPSA) is 64.9 Å². The number of hydrogen-bond acceptors (Lipinski definition) is 5. The molecule has 2 aromatic heterocycles. The molecule has 0 fully saturated rings. The van der Waals surface area contributed by atoms with E-state index in [2.05, 4.69) is 20.3 Å². The predicted octanol–water partition coefficient (Wildman–Crippen LogP) is 7.83. The minimum atomic E-state index is -4.55. The fraction of sp³-hybridized carbons (Fsp3) is 0.345. The minimum absolute atomic E-state index is 0.0916. The molecule has 40 heavy (non-hydrogen) atoms. The number of anilines is 1. The summed E-state index contributed by atoms with van der Waals surface area (Å²) in [4.78, 5) is 12.6. The zero-order valence-electron chi connectivity index (χ0n) is 22.4. The smallest absolute Gasteiger partial charge is 0.434 e. The van der Waals surface area contributed by atoms with Crippen molar-refractivity contribution in [1.82, 2.24) is 19.5 Å². The highest BCUT2D eigenvalue weighted by Crippen LogP contribution is 2.45. The van der Waals surface area contributed by atoms with Gasteiger partial charge in [-0.3, -0.25) is 0 Å². The Morgan fingerprint density at radius 1 is 0.975 bits per heavy atom. The summed E-state index contributed by atoms with van der Waals surface area (Å²) in [5.74, 6) is -2.70. The molecule has 1 aliphatic rings. The van der Waals surface area contributed by atoms with Gasteiger partial charge in [0, 0.05) is 29.9 Å². The summed E-state index contributed by atoms with van der Waals surface area (Å²) in [6, 6.07) is 14.0. The number of hydrogen-bond donors (Lipinski definition) is 1. The van der Waals surface area contributed by atoms with Crippen LogP contribution >= 0.6 is 0 Å². The number of ether oxygens (including phenoxy) is 1. The molecule has 0 atom stereocenters. The molecule has 0 bridgehead atoms. The summed E-state index contributed by atoms with van der Waals surface area (Å²) in [5.41, 5.74) is 1.45. The number of rotatable bonds is 7. The Balaban J connectivity index is 1.44. The third-order valence-corrected chi connectivity index (χ3v) is 6.68. The number of halogens is 5. The van der Waals surface area contributed by atoms with Crippen LogP contribution in [0.3, 0.4) is 0 Å². The van der Waals surface area contributed by atoms with Gasteiger partial charge in [-0.15, -0.1) is 0 Å². The zero-order chi connectivity index (χ0) is 28.8. The average molecular weight is 558 g/mol. The summed E-state index contributed by atoms with van der Waals surface area (Å²) < 4.78 is 76.0. The van der Waals surface area contributed by atoms with Crippen molar-refractivity contribution in [3.8, 4) is 28.5 Å². The lowest BCUT2D eigenvalue weighted by Crippen LogP contribution is -2.16. The highest BCUT2D eigenvalue weighted by Gasteiger charge is 2.45. The maximum Gasteiger partial charge on any atom is 0.434 e. The van der Waals surface area contributed by atoms with E-state index in [1.54, 1.807) is 44.2 Å². The average Bonchev–Trinajstić information content (AvgIpc) is 3.50. The fourth-order valence-corrected chi connectivity index (χ4v) is 4.61. The van der Waals surface area contributed by atoms with E-state index in [9.17, 15) is 22.0 Å². The molecule has 5 rings (SSSR count). The van der Waals surface area contributed by atoms with Crippen molar-refractivity contribution in [2.45, 2.75) is 58.3 Å². The van der Waals surface area contributed by atoms with Gasteiger partial charge in [-0.2, -0.15) is 22.0 Å². The Hall–Kier alpha value is -4.02. The highest BCUT2D eigenvalue weighted by molar-refractivity contribution is 5.67. The highest BCUT2D eigenvalue weighted by atomic mass is 19.4. The molecule has 6 nitrogen and oxygen atoms in total. The van der Waals surface area contributed by atoms with Gasteiger partial charge in [0.25, 0.3) is 0 Å². The van der Waals surface area contributed by atoms with E-state index in [0.717, 1.165) is 17.3 Å². The number of imidazole rings is 1. The van der Waals surface area contributed by atoms with E-state index in [-0.39, 0.29) is 41.7 Å². The summed E-state index contributed by atoms with van der Waals surface area (Å²) >= 11 is 0. The predicted molar refractivity (Wildman–Crippen MR) is 141 cm³/mol. The Kier molecular flexibility index (Phi) is 7.01.